The number of rotatable bonds is 3. The molecule has 0 amide bonds. The molecule has 7 heteroatoms. The molecule has 0 unspecified atom stereocenters. The highest BCUT2D eigenvalue weighted by molar-refractivity contribution is 6.30. The van der Waals surface area contributed by atoms with Crippen LogP contribution in [0.5, 0.6) is 0 Å². The Morgan fingerprint density at radius 2 is 2.00 bits per heavy atom. The number of benzene rings is 1. The van der Waals surface area contributed by atoms with E-state index in [0.717, 1.165) is 0 Å². The van der Waals surface area contributed by atoms with Crippen molar-refractivity contribution < 1.29 is 4.42 Å². The second-order valence-corrected chi connectivity index (χ2v) is 3.82. The Balaban J connectivity index is 2.30. The van der Waals surface area contributed by atoms with E-state index in [9.17, 15) is 9.70 Å². The lowest BCUT2D eigenvalue weighted by atomic mass is 10.3. The fourth-order valence-corrected chi connectivity index (χ4v) is 1.40. The number of nitroso groups, excluding NO2 is 1. The Morgan fingerprint density at radius 1 is 1.33 bits per heavy atom. The average Bonchev–Trinajstić information content (AvgIpc) is 2.37. The molecule has 0 bridgehead atoms. The van der Waals surface area contributed by atoms with Gasteiger partial charge in [-0.2, -0.15) is 0 Å². The maximum atomic E-state index is 11.5. The monoisotopic (exact) mass is 265 g/mol. The van der Waals surface area contributed by atoms with Gasteiger partial charge in [0.25, 0.3) is 0 Å². The Hall–Kier alpha value is -2.21. The van der Waals surface area contributed by atoms with Gasteiger partial charge in [0.15, 0.2) is 5.15 Å². The lowest BCUT2D eigenvalue weighted by Gasteiger charge is -2.04. The number of halogens is 1. The molecule has 6 nitrogen and oxygen atoms in total. The first-order valence-corrected chi connectivity index (χ1v) is 5.35. The summed E-state index contributed by atoms with van der Waals surface area (Å²) in [6.07, 6.45) is 0. The summed E-state index contributed by atoms with van der Waals surface area (Å²) in [5.74, 6) is 0.241. The van der Waals surface area contributed by atoms with Crippen molar-refractivity contribution in [3.8, 4) is 0 Å². The second kappa shape index (κ2) is 4.97. The van der Waals surface area contributed by atoms with Crippen molar-refractivity contribution >= 4 is 28.8 Å². The van der Waals surface area contributed by atoms with Crippen LogP contribution in [0.3, 0.4) is 0 Å². The largest absolute Gasteiger partial charge is 0.422 e. The highest BCUT2D eigenvalue weighted by Gasteiger charge is 2.08. The van der Waals surface area contributed by atoms with Gasteiger partial charge in [-0.1, -0.05) is 11.6 Å². The van der Waals surface area contributed by atoms with E-state index in [1.54, 1.807) is 19.1 Å². The molecule has 0 fully saturated rings. The van der Waals surface area contributed by atoms with Crippen LogP contribution in [-0.4, -0.2) is 4.98 Å². The molecule has 0 radical (unpaired) electrons. The average molecular weight is 266 g/mol. The van der Waals surface area contributed by atoms with Crippen LogP contribution in [-0.2, 0) is 0 Å². The first-order chi connectivity index (χ1) is 8.60. The Bertz CT molecular complexity index is 637. The summed E-state index contributed by atoms with van der Waals surface area (Å²) < 4.78 is 4.88. The van der Waals surface area contributed by atoms with Crippen LogP contribution < -0.4 is 10.9 Å². The van der Waals surface area contributed by atoms with Crippen molar-refractivity contribution in [2.45, 2.75) is 6.92 Å². The van der Waals surface area contributed by atoms with Crippen LogP contribution in [0.1, 0.15) is 5.76 Å². The van der Waals surface area contributed by atoms with Crippen molar-refractivity contribution in [1.29, 1.82) is 0 Å². The van der Waals surface area contributed by atoms with Crippen molar-refractivity contribution in [2.75, 3.05) is 5.32 Å². The van der Waals surface area contributed by atoms with Gasteiger partial charge in [-0.15, -0.1) is 4.91 Å². The molecule has 0 saturated heterocycles. The minimum Gasteiger partial charge on any atom is -0.422 e. The molecule has 0 atom stereocenters. The molecule has 1 heterocycles. The molecular weight excluding hydrogens is 258 g/mol. The van der Waals surface area contributed by atoms with E-state index >= 15 is 0 Å². The third kappa shape index (κ3) is 2.54. The number of anilines is 2. The molecule has 0 saturated carbocycles. The van der Waals surface area contributed by atoms with Gasteiger partial charge in [0.1, 0.15) is 11.4 Å². The molecule has 18 heavy (non-hydrogen) atoms. The van der Waals surface area contributed by atoms with Gasteiger partial charge in [-0.3, -0.25) is 0 Å². The van der Waals surface area contributed by atoms with Crippen LogP contribution >= 0.6 is 11.6 Å². The van der Waals surface area contributed by atoms with Crippen molar-refractivity contribution in [3.05, 3.63) is 50.5 Å². The maximum absolute atomic E-state index is 11.5. The number of hydrogen-bond acceptors (Lipinski definition) is 6. The Morgan fingerprint density at radius 3 is 2.61 bits per heavy atom. The van der Waals surface area contributed by atoms with Gasteiger partial charge in [0.2, 0.25) is 5.82 Å². The highest BCUT2D eigenvalue weighted by Crippen LogP contribution is 2.19. The SMILES string of the molecule is Cc1oc(=O)c(Nc2ccc(N=O)cc2)nc1Cl. The van der Waals surface area contributed by atoms with Crippen LogP contribution in [0.25, 0.3) is 0 Å². The van der Waals surface area contributed by atoms with E-state index in [1.165, 1.54) is 12.1 Å². The topological polar surface area (TPSA) is 84.6 Å². The fourth-order valence-electron chi connectivity index (χ4n) is 1.27. The van der Waals surface area contributed by atoms with Gasteiger partial charge < -0.3 is 9.73 Å². The Kier molecular flexibility index (Phi) is 3.38. The quantitative estimate of drug-likeness (QED) is 0.862. The zero-order valence-corrected chi connectivity index (χ0v) is 10.1. The zero-order valence-electron chi connectivity index (χ0n) is 9.31. The van der Waals surface area contributed by atoms with Crippen LogP contribution in [0.4, 0.5) is 17.2 Å². The minimum absolute atomic E-state index is 0.0163. The van der Waals surface area contributed by atoms with Crippen molar-refractivity contribution in [3.63, 3.8) is 0 Å². The van der Waals surface area contributed by atoms with E-state index in [2.05, 4.69) is 15.5 Å². The van der Waals surface area contributed by atoms with Gasteiger partial charge in [-0.05, 0) is 36.4 Å². The van der Waals surface area contributed by atoms with E-state index in [4.69, 9.17) is 16.0 Å². The third-order valence-electron chi connectivity index (χ3n) is 2.18. The van der Waals surface area contributed by atoms with Crippen molar-refractivity contribution in [1.82, 2.24) is 4.98 Å². The second-order valence-electron chi connectivity index (χ2n) is 3.46. The molecule has 0 aliphatic carbocycles. The smallest absolute Gasteiger partial charge is 0.379 e. The zero-order chi connectivity index (χ0) is 13.1. The first kappa shape index (κ1) is 12.3. The summed E-state index contributed by atoms with van der Waals surface area (Å²) in [6, 6.07) is 6.19. The summed E-state index contributed by atoms with van der Waals surface area (Å²) in [4.78, 5) is 25.6. The highest BCUT2D eigenvalue weighted by atomic mass is 35.5. The van der Waals surface area contributed by atoms with Crippen LogP contribution in [0.2, 0.25) is 5.15 Å². The van der Waals surface area contributed by atoms with E-state index < -0.39 is 5.63 Å². The standard InChI is InChI=1S/C11H8ClN3O3/c1-6-9(12)14-10(11(16)18-6)13-7-2-4-8(15-17)5-3-7/h2-5H,1H3,(H,13,14). The molecule has 0 spiro atoms. The molecule has 2 rings (SSSR count). The van der Waals surface area contributed by atoms with Gasteiger partial charge >= 0.3 is 5.63 Å². The van der Waals surface area contributed by atoms with Crippen LogP contribution in [0, 0.1) is 11.8 Å². The predicted molar refractivity (Wildman–Crippen MR) is 67.7 cm³/mol. The fraction of sp³-hybridized carbons (Fsp3) is 0.0909. The third-order valence-corrected chi connectivity index (χ3v) is 2.53. The minimum atomic E-state index is -0.616. The molecule has 1 N–H and O–H groups in total. The Labute approximate surface area is 107 Å². The number of aromatic nitrogens is 1. The molecule has 0 aliphatic rings. The van der Waals surface area contributed by atoms with Gasteiger partial charge in [-0.25, -0.2) is 9.78 Å². The summed E-state index contributed by atoms with van der Waals surface area (Å²) in [6.45, 7) is 1.55. The maximum Gasteiger partial charge on any atom is 0.379 e. The summed E-state index contributed by atoms with van der Waals surface area (Å²) in [5, 5.41) is 5.63. The van der Waals surface area contributed by atoms with Gasteiger partial charge in [0.05, 0.1) is 0 Å². The summed E-state index contributed by atoms with van der Waals surface area (Å²) in [7, 11) is 0. The number of aryl methyl sites for hydroxylation is 1. The molecule has 1 aromatic heterocycles. The van der Waals surface area contributed by atoms with E-state index in [0.29, 0.717) is 11.4 Å². The first-order valence-electron chi connectivity index (χ1n) is 4.98. The predicted octanol–water partition coefficient (Wildman–Crippen LogP) is 3.14. The number of hydrogen-bond donors (Lipinski definition) is 1. The van der Waals surface area contributed by atoms with E-state index in [-0.39, 0.29) is 16.7 Å². The number of nitrogens with zero attached hydrogens (tertiary/aromatic N) is 2. The van der Waals surface area contributed by atoms with Crippen molar-refractivity contribution in [2.24, 2.45) is 5.18 Å². The van der Waals surface area contributed by atoms with E-state index in [1.807, 2.05) is 0 Å². The number of nitrogens with one attached hydrogen (secondary N) is 1. The summed E-state index contributed by atoms with van der Waals surface area (Å²) in [5.41, 5.74) is 0.249. The van der Waals surface area contributed by atoms with Gasteiger partial charge in [0, 0.05) is 5.69 Å². The van der Waals surface area contributed by atoms with Crippen LogP contribution in [0.15, 0.2) is 38.7 Å². The molecule has 92 valence electrons. The molecule has 2 aromatic rings. The lowest BCUT2D eigenvalue weighted by Crippen LogP contribution is -2.10. The molecule has 0 aliphatic heterocycles. The molecule has 1 aromatic carbocycles. The molecular formula is C11H8ClN3O3. The summed E-state index contributed by atoms with van der Waals surface area (Å²) >= 11 is 5.76. The normalized spacial score (nSPS) is 10.1. The lowest BCUT2D eigenvalue weighted by molar-refractivity contribution is 0.476.